The van der Waals surface area contributed by atoms with Gasteiger partial charge in [-0.15, -0.1) is 0 Å². The summed E-state index contributed by atoms with van der Waals surface area (Å²) in [7, 11) is 0. The normalized spacial score (nSPS) is 11.7. The second kappa shape index (κ2) is 14.2. The molecule has 0 fully saturated rings. The van der Waals surface area contributed by atoms with E-state index in [0.29, 0.717) is 0 Å². The SMILES string of the molecule is c1cc(-c2ccccc2N(c2cccc(-c3cccc4ccccc34)c2)c2ccccc2-c2cccc3ccccc23)cc(-c2cccc3c2Cc2ccccc2-3)c1. The molecule has 272 valence electrons. The van der Waals surface area contributed by atoms with Crippen molar-refractivity contribution in [3.63, 3.8) is 0 Å². The number of hydrogen-bond acceptors (Lipinski definition) is 1. The van der Waals surface area contributed by atoms with E-state index in [1.165, 1.54) is 88.3 Å². The van der Waals surface area contributed by atoms with Gasteiger partial charge in [0.25, 0.3) is 0 Å². The number of anilines is 3. The van der Waals surface area contributed by atoms with Crippen LogP contribution in [-0.2, 0) is 6.42 Å². The lowest BCUT2D eigenvalue weighted by Crippen LogP contribution is -2.12. The van der Waals surface area contributed by atoms with E-state index in [-0.39, 0.29) is 0 Å². The molecule has 0 atom stereocenters. The Kier molecular flexibility index (Phi) is 8.30. The minimum atomic E-state index is 0.953. The molecule has 0 spiro atoms. The van der Waals surface area contributed by atoms with E-state index >= 15 is 0 Å². The molecule has 0 bridgehead atoms. The molecule has 0 radical (unpaired) electrons. The van der Waals surface area contributed by atoms with Gasteiger partial charge in [0.15, 0.2) is 0 Å². The minimum absolute atomic E-state index is 0.953. The first-order valence-corrected chi connectivity index (χ1v) is 20.1. The van der Waals surface area contributed by atoms with Crippen LogP contribution in [0.25, 0.3) is 77.2 Å². The summed E-state index contributed by atoms with van der Waals surface area (Å²) in [4.78, 5) is 2.48. The number of nitrogens with zero attached hydrogens (tertiary/aromatic N) is 1. The highest BCUT2D eigenvalue weighted by molar-refractivity contribution is 6.03. The molecule has 1 aliphatic carbocycles. The van der Waals surface area contributed by atoms with Crippen molar-refractivity contribution < 1.29 is 0 Å². The molecule has 1 heteroatoms. The summed E-state index contributed by atoms with van der Waals surface area (Å²) < 4.78 is 0. The molecule has 58 heavy (non-hydrogen) atoms. The summed E-state index contributed by atoms with van der Waals surface area (Å²) in [5.74, 6) is 0. The summed E-state index contributed by atoms with van der Waals surface area (Å²) in [5.41, 5.74) is 18.5. The molecular formula is C57H39N. The van der Waals surface area contributed by atoms with Crippen LogP contribution in [0.1, 0.15) is 11.1 Å². The maximum absolute atomic E-state index is 2.48. The Hall–Kier alpha value is -7.48. The van der Waals surface area contributed by atoms with Crippen LogP contribution in [0, 0.1) is 0 Å². The largest absolute Gasteiger partial charge is 0.309 e. The molecule has 0 amide bonds. The number of hydrogen-bond donors (Lipinski definition) is 0. The molecule has 10 aromatic carbocycles. The third-order valence-electron chi connectivity index (χ3n) is 11.9. The fraction of sp³-hybridized carbons (Fsp3) is 0.0175. The second-order valence-electron chi connectivity index (χ2n) is 15.2. The molecule has 10 aromatic rings. The Balaban J connectivity index is 1.11. The summed E-state index contributed by atoms with van der Waals surface area (Å²) in [6.45, 7) is 0. The number of fused-ring (bicyclic) bond motifs is 5. The minimum Gasteiger partial charge on any atom is -0.309 e. The number of benzene rings is 10. The number of para-hydroxylation sites is 2. The van der Waals surface area contributed by atoms with Crippen LogP contribution in [0.5, 0.6) is 0 Å². The molecule has 0 heterocycles. The van der Waals surface area contributed by atoms with Crippen molar-refractivity contribution in [3.8, 4) is 55.6 Å². The van der Waals surface area contributed by atoms with E-state index in [9.17, 15) is 0 Å². The van der Waals surface area contributed by atoms with Crippen LogP contribution >= 0.6 is 0 Å². The predicted octanol–water partition coefficient (Wildman–Crippen LogP) is 15.7. The van der Waals surface area contributed by atoms with Crippen LogP contribution in [0.3, 0.4) is 0 Å². The van der Waals surface area contributed by atoms with Gasteiger partial charge in [0.05, 0.1) is 11.4 Å². The highest BCUT2D eigenvalue weighted by Crippen LogP contribution is 2.48. The molecule has 0 N–H and O–H groups in total. The van der Waals surface area contributed by atoms with Gasteiger partial charge in [-0.1, -0.05) is 194 Å². The molecule has 0 aliphatic heterocycles. The van der Waals surface area contributed by atoms with Gasteiger partial charge in [0.1, 0.15) is 0 Å². The quantitative estimate of drug-likeness (QED) is 0.157. The van der Waals surface area contributed by atoms with Gasteiger partial charge >= 0.3 is 0 Å². The van der Waals surface area contributed by atoms with Crippen molar-refractivity contribution in [1.82, 2.24) is 0 Å². The molecule has 0 saturated heterocycles. The summed E-state index contributed by atoms with van der Waals surface area (Å²) >= 11 is 0. The third-order valence-corrected chi connectivity index (χ3v) is 11.9. The van der Waals surface area contributed by atoms with E-state index in [1.807, 2.05) is 0 Å². The molecule has 0 aromatic heterocycles. The van der Waals surface area contributed by atoms with Gasteiger partial charge in [-0.05, 0) is 114 Å². The highest BCUT2D eigenvalue weighted by atomic mass is 15.1. The van der Waals surface area contributed by atoms with Crippen LogP contribution < -0.4 is 4.90 Å². The monoisotopic (exact) mass is 737 g/mol. The first-order valence-electron chi connectivity index (χ1n) is 20.1. The molecule has 0 unspecified atom stereocenters. The summed E-state index contributed by atoms with van der Waals surface area (Å²) in [6.07, 6.45) is 0.953. The lowest BCUT2D eigenvalue weighted by Gasteiger charge is -2.30. The van der Waals surface area contributed by atoms with Crippen molar-refractivity contribution in [2.24, 2.45) is 0 Å². The lowest BCUT2D eigenvalue weighted by atomic mass is 9.92. The van der Waals surface area contributed by atoms with Gasteiger partial charge in [0.2, 0.25) is 0 Å². The van der Waals surface area contributed by atoms with Gasteiger partial charge in [-0.25, -0.2) is 0 Å². The van der Waals surface area contributed by atoms with Crippen LogP contribution in [0.2, 0.25) is 0 Å². The van der Waals surface area contributed by atoms with E-state index in [1.54, 1.807) is 0 Å². The molecule has 1 aliphatic rings. The predicted molar refractivity (Wildman–Crippen MR) is 246 cm³/mol. The zero-order chi connectivity index (χ0) is 38.4. The third kappa shape index (κ3) is 5.79. The first kappa shape index (κ1) is 33.8. The van der Waals surface area contributed by atoms with Crippen molar-refractivity contribution in [1.29, 1.82) is 0 Å². The molecular weight excluding hydrogens is 699 g/mol. The van der Waals surface area contributed by atoms with E-state index < -0.39 is 0 Å². The van der Waals surface area contributed by atoms with Gasteiger partial charge < -0.3 is 4.90 Å². The number of rotatable bonds is 7. The van der Waals surface area contributed by atoms with Crippen molar-refractivity contribution in [2.45, 2.75) is 6.42 Å². The maximum Gasteiger partial charge on any atom is 0.0540 e. The zero-order valence-electron chi connectivity index (χ0n) is 32.0. The Morgan fingerprint density at radius 2 is 0.759 bits per heavy atom. The van der Waals surface area contributed by atoms with E-state index in [4.69, 9.17) is 0 Å². The van der Waals surface area contributed by atoms with Crippen molar-refractivity contribution in [2.75, 3.05) is 4.90 Å². The standard InChI is InChI=1S/C57H39N/c1-4-25-46-39(16-1)19-13-30-48(46)43-23-12-24-45(37-43)58(57-35-10-8-29-54(57)52-32-14-20-40-17-2-5-26-47(40)52)56-34-9-7-28-51(56)42-22-11-21-41(36-42)50-31-15-33-53-49-27-6-3-18-44(49)38-55(50)53/h1-37H,38H2. The Morgan fingerprint density at radius 1 is 0.293 bits per heavy atom. The van der Waals surface area contributed by atoms with Gasteiger partial charge in [-0.3, -0.25) is 0 Å². The van der Waals surface area contributed by atoms with E-state index in [0.717, 1.165) is 23.5 Å². The topological polar surface area (TPSA) is 3.24 Å². The lowest BCUT2D eigenvalue weighted by molar-refractivity contribution is 1.26. The molecule has 1 nitrogen and oxygen atoms in total. The highest BCUT2D eigenvalue weighted by Gasteiger charge is 2.24. The smallest absolute Gasteiger partial charge is 0.0540 e. The fourth-order valence-corrected chi connectivity index (χ4v) is 9.25. The van der Waals surface area contributed by atoms with Crippen LogP contribution in [-0.4, -0.2) is 0 Å². The van der Waals surface area contributed by atoms with Gasteiger partial charge in [-0.2, -0.15) is 0 Å². The molecule has 11 rings (SSSR count). The second-order valence-corrected chi connectivity index (χ2v) is 15.2. The zero-order valence-corrected chi connectivity index (χ0v) is 32.0. The average molecular weight is 738 g/mol. The Labute approximate surface area is 339 Å². The first-order chi connectivity index (χ1) is 28.8. The summed E-state index contributed by atoms with van der Waals surface area (Å²) in [5, 5.41) is 4.95. The van der Waals surface area contributed by atoms with Crippen LogP contribution in [0.4, 0.5) is 17.1 Å². The van der Waals surface area contributed by atoms with Crippen molar-refractivity contribution >= 4 is 38.6 Å². The van der Waals surface area contributed by atoms with Gasteiger partial charge in [0, 0.05) is 16.8 Å². The molecule has 0 saturated carbocycles. The average Bonchev–Trinajstić information content (AvgIpc) is 3.68. The van der Waals surface area contributed by atoms with Crippen molar-refractivity contribution in [3.05, 3.63) is 236 Å². The van der Waals surface area contributed by atoms with Crippen LogP contribution in [0.15, 0.2) is 224 Å². The fourth-order valence-electron chi connectivity index (χ4n) is 9.25. The Bertz CT molecular complexity index is 3160. The summed E-state index contributed by atoms with van der Waals surface area (Å²) in [6, 6.07) is 82.3. The maximum atomic E-state index is 2.48. The Morgan fingerprint density at radius 3 is 1.53 bits per heavy atom. The van der Waals surface area contributed by atoms with E-state index in [2.05, 4.69) is 229 Å².